The molecular formula is C42H27N. The van der Waals surface area contributed by atoms with E-state index >= 15 is 0 Å². The maximum Gasteiger partial charge on any atom is 0.0541 e. The van der Waals surface area contributed by atoms with Crippen LogP contribution in [0.2, 0.25) is 0 Å². The molecule has 0 saturated carbocycles. The number of aromatic nitrogens is 1. The van der Waals surface area contributed by atoms with Crippen LogP contribution >= 0.6 is 0 Å². The molecule has 0 saturated heterocycles. The molecular weight excluding hydrogens is 518 g/mol. The Kier molecular flexibility index (Phi) is 5.27. The van der Waals surface area contributed by atoms with Crippen molar-refractivity contribution in [3.8, 4) is 27.9 Å². The van der Waals surface area contributed by atoms with E-state index in [4.69, 9.17) is 0 Å². The van der Waals surface area contributed by atoms with Crippen LogP contribution in [0.1, 0.15) is 0 Å². The van der Waals surface area contributed by atoms with Crippen molar-refractivity contribution in [1.29, 1.82) is 0 Å². The fraction of sp³-hybridized carbons (Fsp3) is 0. The number of rotatable bonds is 3. The van der Waals surface area contributed by atoms with E-state index in [9.17, 15) is 0 Å². The van der Waals surface area contributed by atoms with Crippen molar-refractivity contribution in [2.75, 3.05) is 0 Å². The molecule has 9 rings (SSSR count). The first kappa shape index (κ1) is 24.0. The normalized spacial score (nSPS) is 11.7. The lowest BCUT2D eigenvalue weighted by Crippen LogP contribution is -1.92. The molecule has 0 unspecified atom stereocenters. The smallest absolute Gasteiger partial charge is 0.0541 e. The van der Waals surface area contributed by atoms with Gasteiger partial charge >= 0.3 is 0 Å². The van der Waals surface area contributed by atoms with Crippen LogP contribution in [0.25, 0.3) is 82.1 Å². The van der Waals surface area contributed by atoms with Gasteiger partial charge in [0.05, 0.1) is 11.0 Å². The highest BCUT2D eigenvalue weighted by Crippen LogP contribution is 2.37. The van der Waals surface area contributed by atoms with Gasteiger partial charge in [0.1, 0.15) is 0 Å². The van der Waals surface area contributed by atoms with Crippen molar-refractivity contribution >= 4 is 54.1 Å². The SMILES string of the molecule is c1ccc(-n2c3ccccc3c3cc(-c4ccc(-c5cccc6cc7ccc8ccccc8c7cc56)cc4)ccc32)cc1. The molecule has 1 heteroatoms. The first-order valence-electron chi connectivity index (χ1n) is 14.9. The topological polar surface area (TPSA) is 4.93 Å². The first-order valence-corrected chi connectivity index (χ1v) is 14.9. The van der Waals surface area contributed by atoms with E-state index in [-0.39, 0.29) is 0 Å². The van der Waals surface area contributed by atoms with Crippen molar-refractivity contribution in [2.45, 2.75) is 0 Å². The predicted octanol–water partition coefficient (Wildman–Crippen LogP) is 11.6. The third kappa shape index (κ3) is 3.79. The molecule has 0 aliphatic heterocycles. The van der Waals surface area contributed by atoms with Gasteiger partial charge in [-0.2, -0.15) is 0 Å². The Labute approximate surface area is 249 Å². The number of hydrogen-bond acceptors (Lipinski definition) is 0. The second kappa shape index (κ2) is 9.44. The van der Waals surface area contributed by atoms with E-state index < -0.39 is 0 Å². The highest BCUT2D eigenvalue weighted by molar-refractivity contribution is 6.14. The van der Waals surface area contributed by atoms with Crippen molar-refractivity contribution < 1.29 is 0 Å². The quantitative estimate of drug-likeness (QED) is 0.154. The molecule has 9 aromatic rings. The van der Waals surface area contributed by atoms with Gasteiger partial charge in [-0.05, 0) is 97.0 Å². The summed E-state index contributed by atoms with van der Waals surface area (Å²) >= 11 is 0. The summed E-state index contributed by atoms with van der Waals surface area (Å²) in [6.45, 7) is 0. The van der Waals surface area contributed by atoms with E-state index in [1.54, 1.807) is 0 Å². The summed E-state index contributed by atoms with van der Waals surface area (Å²) in [7, 11) is 0. The Morgan fingerprint density at radius 2 is 0.953 bits per heavy atom. The maximum atomic E-state index is 2.38. The van der Waals surface area contributed by atoms with Gasteiger partial charge in [-0.3, -0.25) is 0 Å². The zero-order valence-electron chi connectivity index (χ0n) is 23.5. The van der Waals surface area contributed by atoms with E-state index in [2.05, 4.69) is 168 Å². The maximum absolute atomic E-state index is 2.38. The Bertz CT molecular complexity index is 2480. The second-order valence-corrected chi connectivity index (χ2v) is 11.4. The average Bonchev–Trinajstić information content (AvgIpc) is 3.41. The minimum Gasteiger partial charge on any atom is -0.309 e. The highest BCUT2D eigenvalue weighted by Gasteiger charge is 2.13. The van der Waals surface area contributed by atoms with Crippen molar-refractivity contribution in [3.05, 3.63) is 164 Å². The predicted molar refractivity (Wildman–Crippen MR) is 184 cm³/mol. The van der Waals surface area contributed by atoms with Crippen molar-refractivity contribution in [3.63, 3.8) is 0 Å². The van der Waals surface area contributed by atoms with Gasteiger partial charge in [0.2, 0.25) is 0 Å². The lowest BCUT2D eigenvalue weighted by atomic mass is 9.93. The van der Waals surface area contributed by atoms with E-state index in [1.165, 1.54) is 82.1 Å². The molecule has 8 aromatic carbocycles. The van der Waals surface area contributed by atoms with Crippen molar-refractivity contribution in [1.82, 2.24) is 4.57 Å². The fourth-order valence-electron chi connectivity index (χ4n) is 6.88. The molecule has 0 atom stereocenters. The molecule has 200 valence electrons. The number of para-hydroxylation sites is 2. The molecule has 0 aliphatic carbocycles. The summed E-state index contributed by atoms with van der Waals surface area (Å²) in [4.78, 5) is 0. The molecule has 43 heavy (non-hydrogen) atoms. The second-order valence-electron chi connectivity index (χ2n) is 11.4. The van der Waals surface area contributed by atoms with Gasteiger partial charge in [0.25, 0.3) is 0 Å². The van der Waals surface area contributed by atoms with Gasteiger partial charge in [-0.15, -0.1) is 0 Å². The van der Waals surface area contributed by atoms with E-state index in [0.29, 0.717) is 0 Å². The lowest BCUT2D eigenvalue weighted by molar-refractivity contribution is 1.18. The van der Waals surface area contributed by atoms with E-state index in [0.717, 1.165) is 0 Å². The van der Waals surface area contributed by atoms with Crippen LogP contribution in [0.15, 0.2) is 164 Å². The van der Waals surface area contributed by atoms with Crippen LogP contribution < -0.4 is 0 Å². The van der Waals surface area contributed by atoms with Gasteiger partial charge < -0.3 is 4.57 Å². The molecule has 0 radical (unpaired) electrons. The molecule has 1 heterocycles. The van der Waals surface area contributed by atoms with Gasteiger partial charge in [0.15, 0.2) is 0 Å². The van der Waals surface area contributed by atoms with Crippen LogP contribution in [0.3, 0.4) is 0 Å². The third-order valence-corrected chi connectivity index (χ3v) is 8.96. The zero-order valence-corrected chi connectivity index (χ0v) is 23.5. The lowest BCUT2D eigenvalue weighted by Gasteiger charge is -2.11. The van der Waals surface area contributed by atoms with Crippen LogP contribution in [0, 0.1) is 0 Å². The number of hydrogen-bond donors (Lipinski definition) is 0. The minimum atomic E-state index is 1.18. The highest BCUT2D eigenvalue weighted by atomic mass is 15.0. The summed E-state index contributed by atoms with van der Waals surface area (Å²) in [6, 6.07) is 59.8. The molecule has 0 spiro atoms. The van der Waals surface area contributed by atoms with Crippen LogP contribution in [0.5, 0.6) is 0 Å². The van der Waals surface area contributed by atoms with Crippen molar-refractivity contribution in [2.24, 2.45) is 0 Å². The van der Waals surface area contributed by atoms with Gasteiger partial charge in [0, 0.05) is 16.5 Å². The first-order chi connectivity index (χ1) is 21.3. The monoisotopic (exact) mass is 545 g/mol. The molecule has 1 nitrogen and oxygen atoms in total. The van der Waals surface area contributed by atoms with Gasteiger partial charge in [-0.25, -0.2) is 0 Å². The summed E-state index contributed by atoms with van der Waals surface area (Å²) in [5.41, 5.74) is 8.58. The fourth-order valence-corrected chi connectivity index (χ4v) is 6.88. The average molecular weight is 546 g/mol. The van der Waals surface area contributed by atoms with E-state index in [1.807, 2.05) is 0 Å². The van der Waals surface area contributed by atoms with Crippen LogP contribution in [-0.4, -0.2) is 4.57 Å². The Morgan fingerprint density at radius 3 is 1.84 bits per heavy atom. The third-order valence-electron chi connectivity index (χ3n) is 8.96. The number of benzene rings is 8. The largest absolute Gasteiger partial charge is 0.309 e. The Balaban J connectivity index is 1.16. The zero-order chi connectivity index (χ0) is 28.3. The van der Waals surface area contributed by atoms with Crippen LogP contribution in [-0.2, 0) is 0 Å². The molecule has 0 fully saturated rings. The molecule has 0 N–H and O–H groups in total. The molecule has 0 aliphatic rings. The van der Waals surface area contributed by atoms with Gasteiger partial charge in [-0.1, -0.05) is 121 Å². The van der Waals surface area contributed by atoms with Crippen LogP contribution in [0.4, 0.5) is 0 Å². The number of fused-ring (bicyclic) bond motifs is 7. The molecule has 0 amide bonds. The summed E-state index contributed by atoms with van der Waals surface area (Å²) < 4.78 is 2.37. The Hall–Kier alpha value is -5.66. The standard InChI is InChI=1S/C42H27N/c1-2-11-34(12-3-1)43-41-16-7-6-14-37(41)40-26-31(23-24-42(40)43)28-17-19-30(20-18-28)36-15-8-10-32-25-33-22-21-29-9-4-5-13-35(29)39(33)27-38(32)36/h1-27H. The minimum absolute atomic E-state index is 1.18. The number of nitrogens with zero attached hydrogens (tertiary/aromatic N) is 1. The summed E-state index contributed by atoms with van der Waals surface area (Å²) in [5.74, 6) is 0. The Morgan fingerprint density at radius 1 is 0.302 bits per heavy atom. The molecule has 1 aromatic heterocycles. The summed E-state index contributed by atoms with van der Waals surface area (Å²) in [5, 5.41) is 10.3. The molecule has 0 bridgehead atoms. The summed E-state index contributed by atoms with van der Waals surface area (Å²) in [6.07, 6.45) is 0.